The second-order valence-corrected chi connectivity index (χ2v) is 4.42. The van der Waals surface area contributed by atoms with Crippen molar-refractivity contribution >= 4 is 29.2 Å². The lowest BCUT2D eigenvalue weighted by molar-refractivity contribution is 0.0737. The van der Waals surface area contributed by atoms with Crippen molar-refractivity contribution in [3.63, 3.8) is 0 Å². The van der Waals surface area contributed by atoms with Gasteiger partial charge in [-0.3, -0.25) is 9.78 Å². The fourth-order valence-corrected chi connectivity index (χ4v) is 2.32. The first kappa shape index (κ1) is 13.8. The molecule has 100 valence electrons. The van der Waals surface area contributed by atoms with E-state index in [-0.39, 0.29) is 18.3 Å². The summed E-state index contributed by atoms with van der Waals surface area (Å²) in [4.78, 5) is 18.7. The SMILES string of the molecule is Cl.O=C(c1cccc2cccnc12)N1CCNCC1. The zero-order chi connectivity index (χ0) is 12.4. The third-order valence-corrected chi connectivity index (χ3v) is 3.27. The molecule has 0 bridgehead atoms. The quantitative estimate of drug-likeness (QED) is 0.863. The molecule has 2 heterocycles. The molecule has 1 aromatic heterocycles. The van der Waals surface area contributed by atoms with E-state index in [0.717, 1.165) is 37.1 Å². The molecule has 5 heteroatoms. The first-order chi connectivity index (χ1) is 8.86. The maximum Gasteiger partial charge on any atom is 0.256 e. The predicted octanol–water partition coefficient (Wildman–Crippen LogP) is 1.70. The van der Waals surface area contributed by atoms with Gasteiger partial charge in [0.25, 0.3) is 5.91 Å². The van der Waals surface area contributed by atoms with Crippen LogP contribution in [0, 0.1) is 0 Å². The Hall–Kier alpha value is -1.65. The summed E-state index contributed by atoms with van der Waals surface area (Å²) < 4.78 is 0. The van der Waals surface area contributed by atoms with Crippen LogP contribution >= 0.6 is 12.4 Å². The van der Waals surface area contributed by atoms with Crippen molar-refractivity contribution in [3.05, 3.63) is 42.1 Å². The Kier molecular flexibility index (Phi) is 4.35. The lowest BCUT2D eigenvalue weighted by Crippen LogP contribution is -2.46. The van der Waals surface area contributed by atoms with Crippen molar-refractivity contribution in [1.82, 2.24) is 15.2 Å². The molecule has 0 saturated carbocycles. The largest absolute Gasteiger partial charge is 0.336 e. The number of carbonyl (C=O) groups is 1. The summed E-state index contributed by atoms with van der Waals surface area (Å²) in [6.45, 7) is 3.26. The molecule has 0 radical (unpaired) electrons. The van der Waals surface area contributed by atoms with Gasteiger partial charge < -0.3 is 10.2 Å². The van der Waals surface area contributed by atoms with Crippen molar-refractivity contribution in [1.29, 1.82) is 0 Å². The van der Waals surface area contributed by atoms with Crippen molar-refractivity contribution in [3.8, 4) is 0 Å². The summed E-state index contributed by atoms with van der Waals surface area (Å²) in [6.07, 6.45) is 1.73. The number of piperazine rings is 1. The van der Waals surface area contributed by atoms with E-state index < -0.39 is 0 Å². The van der Waals surface area contributed by atoms with Gasteiger partial charge in [-0.25, -0.2) is 0 Å². The number of para-hydroxylation sites is 1. The van der Waals surface area contributed by atoms with Crippen LogP contribution < -0.4 is 5.32 Å². The maximum absolute atomic E-state index is 12.5. The number of halogens is 1. The molecular weight excluding hydrogens is 262 g/mol. The number of nitrogens with zero attached hydrogens (tertiary/aromatic N) is 2. The van der Waals surface area contributed by atoms with Gasteiger partial charge in [-0.05, 0) is 12.1 Å². The van der Waals surface area contributed by atoms with Crippen molar-refractivity contribution in [2.75, 3.05) is 26.2 Å². The minimum absolute atomic E-state index is 0. The molecule has 1 aliphatic heterocycles. The fraction of sp³-hybridized carbons (Fsp3) is 0.286. The molecule has 0 spiro atoms. The van der Waals surface area contributed by atoms with Gasteiger partial charge in [0.15, 0.2) is 0 Å². The van der Waals surface area contributed by atoms with Gasteiger partial charge in [0.2, 0.25) is 0 Å². The summed E-state index contributed by atoms with van der Waals surface area (Å²) in [7, 11) is 0. The number of pyridine rings is 1. The molecule has 1 N–H and O–H groups in total. The molecule has 1 aromatic carbocycles. The summed E-state index contributed by atoms with van der Waals surface area (Å²) in [6, 6.07) is 9.63. The van der Waals surface area contributed by atoms with Gasteiger partial charge in [-0.2, -0.15) is 0 Å². The van der Waals surface area contributed by atoms with Crippen LogP contribution in [0.25, 0.3) is 10.9 Å². The number of nitrogens with one attached hydrogen (secondary N) is 1. The van der Waals surface area contributed by atoms with Gasteiger partial charge in [0.1, 0.15) is 0 Å². The topological polar surface area (TPSA) is 45.2 Å². The zero-order valence-electron chi connectivity index (χ0n) is 10.5. The molecule has 3 rings (SSSR count). The van der Waals surface area contributed by atoms with Crippen molar-refractivity contribution in [2.24, 2.45) is 0 Å². The van der Waals surface area contributed by atoms with Crippen LogP contribution in [0.15, 0.2) is 36.5 Å². The highest BCUT2D eigenvalue weighted by atomic mass is 35.5. The number of amides is 1. The van der Waals surface area contributed by atoms with Crippen LogP contribution in [0.1, 0.15) is 10.4 Å². The number of carbonyl (C=O) groups excluding carboxylic acids is 1. The molecule has 1 amide bonds. The number of fused-ring (bicyclic) bond motifs is 1. The predicted molar refractivity (Wildman–Crippen MR) is 77.8 cm³/mol. The first-order valence-corrected chi connectivity index (χ1v) is 6.20. The number of aromatic nitrogens is 1. The minimum Gasteiger partial charge on any atom is -0.336 e. The van der Waals surface area contributed by atoms with E-state index in [0.29, 0.717) is 5.56 Å². The van der Waals surface area contributed by atoms with Gasteiger partial charge in [0.05, 0.1) is 11.1 Å². The summed E-state index contributed by atoms with van der Waals surface area (Å²) >= 11 is 0. The van der Waals surface area contributed by atoms with E-state index in [1.165, 1.54) is 0 Å². The first-order valence-electron chi connectivity index (χ1n) is 6.20. The van der Waals surface area contributed by atoms with Gasteiger partial charge >= 0.3 is 0 Å². The van der Waals surface area contributed by atoms with E-state index in [1.807, 2.05) is 35.2 Å². The van der Waals surface area contributed by atoms with Gasteiger partial charge in [-0.1, -0.05) is 18.2 Å². The average molecular weight is 278 g/mol. The van der Waals surface area contributed by atoms with E-state index >= 15 is 0 Å². The third kappa shape index (κ3) is 2.69. The highest BCUT2D eigenvalue weighted by Crippen LogP contribution is 2.17. The van der Waals surface area contributed by atoms with Crippen LogP contribution in [0.5, 0.6) is 0 Å². The molecular formula is C14H16ClN3O. The molecule has 4 nitrogen and oxygen atoms in total. The molecule has 2 aromatic rings. The van der Waals surface area contributed by atoms with E-state index in [2.05, 4.69) is 10.3 Å². The summed E-state index contributed by atoms with van der Waals surface area (Å²) in [5.41, 5.74) is 1.50. The highest BCUT2D eigenvalue weighted by molar-refractivity contribution is 6.05. The Morgan fingerprint density at radius 1 is 1.16 bits per heavy atom. The number of hydrogen-bond acceptors (Lipinski definition) is 3. The normalized spacial score (nSPS) is 15.1. The lowest BCUT2D eigenvalue weighted by atomic mass is 10.1. The van der Waals surface area contributed by atoms with Crippen LogP contribution in [0.3, 0.4) is 0 Å². The monoisotopic (exact) mass is 277 g/mol. The fourth-order valence-electron chi connectivity index (χ4n) is 2.32. The zero-order valence-corrected chi connectivity index (χ0v) is 11.3. The van der Waals surface area contributed by atoms with Gasteiger partial charge in [-0.15, -0.1) is 12.4 Å². The molecule has 1 fully saturated rings. The highest BCUT2D eigenvalue weighted by Gasteiger charge is 2.19. The standard InChI is InChI=1S/C14H15N3O.ClH/c18-14(17-9-7-15-8-10-17)12-5-1-3-11-4-2-6-16-13(11)12;/h1-6,15H,7-10H2;1H. The van der Waals surface area contributed by atoms with Crippen LogP contribution in [-0.2, 0) is 0 Å². The average Bonchev–Trinajstić information content (AvgIpc) is 2.47. The molecule has 1 saturated heterocycles. The summed E-state index contributed by atoms with van der Waals surface area (Å²) in [5.74, 6) is 0.0841. The second kappa shape index (κ2) is 5.99. The van der Waals surface area contributed by atoms with E-state index in [9.17, 15) is 4.79 Å². The van der Waals surface area contributed by atoms with E-state index in [1.54, 1.807) is 6.20 Å². The van der Waals surface area contributed by atoms with E-state index in [4.69, 9.17) is 0 Å². The van der Waals surface area contributed by atoms with Crippen molar-refractivity contribution < 1.29 is 4.79 Å². The van der Waals surface area contributed by atoms with Crippen LogP contribution in [0.2, 0.25) is 0 Å². The number of rotatable bonds is 1. The van der Waals surface area contributed by atoms with Crippen LogP contribution in [-0.4, -0.2) is 42.0 Å². The Balaban J connectivity index is 0.00000133. The molecule has 19 heavy (non-hydrogen) atoms. The van der Waals surface area contributed by atoms with Gasteiger partial charge in [0, 0.05) is 37.8 Å². The summed E-state index contributed by atoms with van der Waals surface area (Å²) in [5, 5.41) is 4.26. The Morgan fingerprint density at radius 3 is 2.68 bits per heavy atom. The Labute approximate surface area is 118 Å². The Morgan fingerprint density at radius 2 is 1.89 bits per heavy atom. The minimum atomic E-state index is 0. The number of benzene rings is 1. The number of hydrogen-bond donors (Lipinski definition) is 1. The third-order valence-electron chi connectivity index (χ3n) is 3.27. The maximum atomic E-state index is 12.5. The molecule has 0 unspecified atom stereocenters. The Bertz CT molecular complexity index is 576. The second-order valence-electron chi connectivity index (χ2n) is 4.42. The van der Waals surface area contributed by atoms with Crippen LogP contribution in [0.4, 0.5) is 0 Å². The smallest absolute Gasteiger partial charge is 0.256 e. The molecule has 0 atom stereocenters. The molecule has 0 aliphatic carbocycles. The van der Waals surface area contributed by atoms with Crippen molar-refractivity contribution in [2.45, 2.75) is 0 Å². The molecule has 1 aliphatic rings. The lowest BCUT2D eigenvalue weighted by Gasteiger charge is -2.27.